The largest absolute Gasteiger partial charge is 0.461 e. The van der Waals surface area contributed by atoms with Crippen LogP contribution in [-0.2, 0) is 22.4 Å². The lowest BCUT2D eigenvalue weighted by Crippen LogP contribution is -2.45. The molecule has 234 valence electrons. The zero-order valence-electron chi connectivity index (χ0n) is 21.4. The Labute approximate surface area is 263 Å². The van der Waals surface area contributed by atoms with Crippen LogP contribution in [0, 0.1) is 23.4 Å². The molecule has 4 nitrogen and oxygen atoms in total. The number of ketones is 2. The molecule has 0 radical (unpaired) electrons. The second-order valence-corrected chi connectivity index (χ2v) is 12.0. The molecule has 1 aliphatic carbocycles. The van der Waals surface area contributed by atoms with E-state index < -0.39 is 87.2 Å². The van der Waals surface area contributed by atoms with Crippen LogP contribution in [0.25, 0.3) is 0 Å². The fourth-order valence-electron chi connectivity index (χ4n) is 4.45. The summed E-state index contributed by atoms with van der Waals surface area (Å²) in [6.45, 7) is 0. The zero-order valence-corrected chi connectivity index (χ0v) is 24.5. The Morgan fingerprint density at radius 1 is 0.818 bits per heavy atom. The Balaban J connectivity index is 1.52. The Kier molecular flexibility index (Phi) is 9.34. The standard InChI is InChI=1S/C28H15Cl4F8NO3/c29-16-4-3-13(41-25(44)23-22(26(23,31)32)11-1-6-19(34)17(30)7-11)9-14(16)20(42)8-12-2-5-18(33)15(24(12)35)10-21(43)27(36,37)28(38,39)40/h1-7,9,22-23H,8,10H2,(H,41,44)/t22-,23+/m0/s1. The number of carbonyl (C=O) groups is 3. The molecule has 0 heterocycles. The van der Waals surface area contributed by atoms with E-state index in [9.17, 15) is 49.5 Å². The molecule has 0 spiro atoms. The molecule has 1 aliphatic rings. The van der Waals surface area contributed by atoms with Crippen LogP contribution in [-0.4, -0.2) is 33.9 Å². The topological polar surface area (TPSA) is 63.2 Å². The lowest BCUT2D eigenvalue weighted by molar-refractivity contribution is -0.268. The van der Waals surface area contributed by atoms with Crippen LogP contribution in [0.5, 0.6) is 0 Å². The van der Waals surface area contributed by atoms with E-state index in [1.54, 1.807) is 0 Å². The molecule has 0 aliphatic heterocycles. The molecule has 1 fully saturated rings. The molecule has 3 aromatic carbocycles. The molecule has 1 amide bonds. The molecular formula is C28H15Cl4F8NO3. The van der Waals surface area contributed by atoms with Gasteiger partial charge in [-0.25, -0.2) is 13.2 Å². The maximum absolute atomic E-state index is 15.0. The Bertz CT molecular complexity index is 1680. The van der Waals surface area contributed by atoms with E-state index in [2.05, 4.69) is 5.32 Å². The summed E-state index contributed by atoms with van der Waals surface area (Å²) in [5, 5.41) is 2.11. The molecule has 1 N–H and O–H groups in total. The fourth-order valence-corrected chi connectivity index (χ4v) is 5.69. The van der Waals surface area contributed by atoms with E-state index in [4.69, 9.17) is 46.4 Å². The van der Waals surface area contributed by atoms with Crippen LogP contribution in [0.15, 0.2) is 48.5 Å². The minimum Gasteiger partial charge on any atom is -0.326 e. The lowest BCUT2D eigenvalue weighted by atomic mass is 9.96. The van der Waals surface area contributed by atoms with Crippen molar-refractivity contribution in [1.82, 2.24) is 0 Å². The normalized spacial score (nSPS) is 17.7. The van der Waals surface area contributed by atoms with Crippen molar-refractivity contribution >= 4 is 69.6 Å². The Morgan fingerprint density at radius 2 is 1.45 bits per heavy atom. The van der Waals surface area contributed by atoms with Gasteiger partial charge in [-0.2, -0.15) is 22.0 Å². The van der Waals surface area contributed by atoms with Gasteiger partial charge < -0.3 is 5.32 Å². The molecule has 3 aromatic rings. The maximum Gasteiger partial charge on any atom is 0.461 e. The molecule has 0 unspecified atom stereocenters. The van der Waals surface area contributed by atoms with Crippen LogP contribution >= 0.6 is 46.4 Å². The molecule has 0 bridgehead atoms. The predicted octanol–water partition coefficient (Wildman–Crippen LogP) is 8.67. The van der Waals surface area contributed by atoms with Crippen molar-refractivity contribution in [1.29, 1.82) is 0 Å². The van der Waals surface area contributed by atoms with Crippen LogP contribution in [0.3, 0.4) is 0 Å². The third kappa shape index (κ3) is 6.54. The number of rotatable bonds is 9. The predicted molar refractivity (Wildman–Crippen MR) is 146 cm³/mol. The first kappa shape index (κ1) is 34.0. The highest BCUT2D eigenvalue weighted by atomic mass is 35.5. The number of nitrogens with one attached hydrogen (secondary N) is 1. The van der Waals surface area contributed by atoms with Crippen molar-refractivity contribution in [2.75, 3.05) is 5.32 Å². The van der Waals surface area contributed by atoms with Gasteiger partial charge in [-0.15, -0.1) is 23.2 Å². The van der Waals surface area contributed by atoms with Crippen molar-refractivity contribution in [2.24, 2.45) is 5.92 Å². The van der Waals surface area contributed by atoms with Gasteiger partial charge in [0.1, 0.15) is 21.8 Å². The van der Waals surface area contributed by atoms with Crippen molar-refractivity contribution < 1.29 is 49.5 Å². The number of halogens is 12. The van der Waals surface area contributed by atoms with Crippen molar-refractivity contribution in [3.05, 3.63) is 98.3 Å². The van der Waals surface area contributed by atoms with Gasteiger partial charge in [-0.3, -0.25) is 14.4 Å². The fraction of sp³-hybridized carbons (Fsp3) is 0.250. The minimum absolute atomic E-state index is 0.00918. The number of Topliss-reactive ketones (excluding diaryl/α,β-unsaturated/α-hetero) is 2. The smallest absolute Gasteiger partial charge is 0.326 e. The SMILES string of the molecule is O=C(Cc1ccc(F)c(CC(=O)C(F)(F)C(F)(F)F)c1F)c1cc(NC(=O)[C@H]2[C@H](c3ccc(F)c(Cl)c3)C2(Cl)Cl)ccc1Cl. The van der Waals surface area contributed by atoms with Gasteiger partial charge in [0.15, 0.2) is 5.78 Å². The number of benzene rings is 3. The summed E-state index contributed by atoms with van der Waals surface area (Å²) in [6.07, 6.45) is -9.11. The zero-order chi connectivity index (χ0) is 32.9. The average Bonchev–Trinajstić information content (AvgIpc) is 3.51. The van der Waals surface area contributed by atoms with Crippen LogP contribution in [0.4, 0.5) is 40.8 Å². The third-order valence-electron chi connectivity index (χ3n) is 6.83. The first-order chi connectivity index (χ1) is 20.3. The van der Waals surface area contributed by atoms with E-state index in [1.807, 2.05) is 0 Å². The molecule has 0 saturated heterocycles. The van der Waals surface area contributed by atoms with E-state index in [0.717, 1.165) is 18.2 Å². The van der Waals surface area contributed by atoms with E-state index in [1.165, 1.54) is 24.3 Å². The van der Waals surface area contributed by atoms with Crippen molar-refractivity contribution in [3.8, 4) is 0 Å². The lowest BCUT2D eigenvalue weighted by Gasteiger charge is -2.18. The second kappa shape index (κ2) is 12.1. The van der Waals surface area contributed by atoms with Gasteiger partial charge in [0, 0.05) is 35.6 Å². The highest BCUT2D eigenvalue weighted by Crippen LogP contribution is 2.65. The van der Waals surface area contributed by atoms with E-state index >= 15 is 0 Å². The maximum atomic E-state index is 15.0. The molecule has 4 rings (SSSR count). The summed E-state index contributed by atoms with van der Waals surface area (Å²) >= 11 is 24.5. The summed E-state index contributed by atoms with van der Waals surface area (Å²) < 4.78 is 105. The number of hydrogen-bond acceptors (Lipinski definition) is 3. The molecule has 0 aromatic heterocycles. The summed E-state index contributed by atoms with van der Waals surface area (Å²) in [4.78, 5) is 37.6. The quantitative estimate of drug-likeness (QED) is 0.138. The van der Waals surface area contributed by atoms with Crippen molar-refractivity contribution in [3.63, 3.8) is 0 Å². The van der Waals surface area contributed by atoms with Gasteiger partial charge in [0.25, 0.3) is 0 Å². The summed E-state index contributed by atoms with van der Waals surface area (Å²) in [7, 11) is 0. The van der Waals surface area contributed by atoms with Gasteiger partial charge >= 0.3 is 12.1 Å². The number of anilines is 1. The number of amides is 1. The summed E-state index contributed by atoms with van der Waals surface area (Å²) in [5.41, 5.74) is -1.90. The van der Waals surface area contributed by atoms with Crippen molar-refractivity contribution in [2.45, 2.75) is 35.2 Å². The summed E-state index contributed by atoms with van der Waals surface area (Å²) in [5.74, 6) is -16.0. The van der Waals surface area contributed by atoms with Crippen LogP contribution in [0.1, 0.15) is 33.0 Å². The molecule has 2 atom stereocenters. The Hall–Kier alpha value is -2.93. The van der Waals surface area contributed by atoms with E-state index in [-0.39, 0.29) is 21.3 Å². The van der Waals surface area contributed by atoms with Crippen LogP contribution < -0.4 is 5.32 Å². The number of hydrogen-bond donors (Lipinski definition) is 1. The minimum atomic E-state index is -6.29. The average molecular weight is 707 g/mol. The number of alkyl halides is 7. The van der Waals surface area contributed by atoms with Gasteiger partial charge in [0.05, 0.1) is 16.0 Å². The summed E-state index contributed by atoms with van der Waals surface area (Å²) in [6, 6.07) is 8.56. The second-order valence-electron chi connectivity index (χ2n) is 9.76. The first-order valence-electron chi connectivity index (χ1n) is 12.2. The first-order valence-corrected chi connectivity index (χ1v) is 13.7. The van der Waals surface area contributed by atoms with Gasteiger partial charge in [-0.05, 0) is 47.5 Å². The molecule has 1 saturated carbocycles. The monoisotopic (exact) mass is 705 g/mol. The highest BCUT2D eigenvalue weighted by molar-refractivity contribution is 6.53. The van der Waals surface area contributed by atoms with Gasteiger partial charge in [-0.1, -0.05) is 35.3 Å². The van der Waals surface area contributed by atoms with Gasteiger partial charge in [0.2, 0.25) is 11.7 Å². The molecular weight excluding hydrogens is 692 g/mol. The Morgan fingerprint density at radius 3 is 2.07 bits per heavy atom. The third-order valence-corrected chi connectivity index (χ3v) is 8.39. The van der Waals surface area contributed by atoms with Crippen LogP contribution in [0.2, 0.25) is 10.0 Å². The molecule has 44 heavy (non-hydrogen) atoms. The number of carbonyl (C=O) groups excluding carboxylic acids is 3. The van der Waals surface area contributed by atoms with E-state index in [0.29, 0.717) is 11.6 Å². The highest BCUT2D eigenvalue weighted by Gasteiger charge is 2.67. The molecule has 16 heteroatoms.